The van der Waals surface area contributed by atoms with Crippen molar-refractivity contribution >= 4 is 40.9 Å². The Morgan fingerprint density at radius 1 is 1.25 bits per heavy atom. The summed E-state index contributed by atoms with van der Waals surface area (Å²) in [5.74, 6) is -2.50. The van der Waals surface area contributed by atoms with Crippen LogP contribution < -0.4 is 11.1 Å². The average molecular weight is 466 g/mol. The van der Waals surface area contributed by atoms with E-state index in [0.717, 1.165) is 0 Å². The molecular weight excluding hydrogens is 434 g/mol. The number of likely N-dealkylation sites (tertiary alicyclic amines) is 1. The van der Waals surface area contributed by atoms with E-state index < -0.39 is 29.4 Å². The maximum absolute atomic E-state index is 13.5. The maximum Gasteiger partial charge on any atom is 0.305 e. The van der Waals surface area contributed by atoms with Crippen molar-refractivity contribution in [3.8, 4) is 0 Å². The van der Waals surface area contributed by atoms with Crippen molar-refractivity contribution in [2.45, 2.75) is 65.5 Å². The van der Waals surface area contributed by atoms with Gasteiger partial charge in [0.15, 0.2) is 5.78 Å². The first kappa shape index (κ1) is 25.6. The number of carbonyl (C=O) groups is 4. The first-order chi connectivity index (χ1) is 14.8. The van der Waals surface area contributed by atoms with Gasteiger partial charge in [-0.15, -0.1) is 0 Å². The van der Waals surface area contributed by atoms with Crippen molar-refractivity contribution in [2.24, 2.45) is 11.3 Å². The number of hydrogen-bond donors (Lipinski definition) is 3. The number of carboxylic acid groups (broad SMARTS) is 1. The molecule has 1 aliphatic rings. The molecule has 0 aromatic heterocycles. The molecule has 0 saturated carbocycles. The summed E-state index contributed by atoms with van der Waals surface area (Å²) in [6.45, 7) is 7.69. The van der Waals surface area contributed by atoms with E-state index in [2.05, 4.69) is 5.32 Å². The van der Waals surface area contributed by atoms with Gasteiger partial charge in [0, 0.05) is 24.6 Å². The molecule has 3 atom stereocenters. The molecule has 0 unspecified atom stereocenters. The lowest BCUT2D eigenvalue weighted by Gasteiger charge is -2.35. The van der Waals surface area contributed by atoms with Gasteiger partial charge in [-0.2, -0.15) is 0 Å². The van der Waals surface area contributed by atoms with E-state index in [1.165, 1.54) is 11.0 Å². The largest absolute Gasteiger partial charge is 0.481 e. The van der Waals surface area contributed by atoms with E-state index in [1.807, 2.05) is 20.8 Å². The summed E-state index contributed by atoms with van der Waals surface area (Å²) in [5, 5.41) is 11.9. The highest BCUT2D eigenvalue weighted by molar-refractivity contribution is 6.33. The van der Waals surface area contributed by atoms with Crippen molar-refractivity contribution in [2.75, 3.05) is 12.3 Å². The highest BCUT2D eigenvalue weighted by Gasteiger charge is 2.42. The van der Waals surface area contributed by atoms with Crippen LogP contribution in [0, 0.1) is 11.3 Å². The molecule has 32 heavy (non-hydrogen) atoms. The predicted molar refractivity (Wildman–Crippen MR) is 122 cm³/mol. The number of Topliss-reactive ketones (excluding diaryl/α,β-unsaturated/α-hetero) is 1. The van der Waals surface area contributed by atoms with Crippen molar-refractivity contribution in [3.05, 3.63) is 28.8 Å². The normalized spacial score (nSPS) is 18.2. The second-order valence-electron chi connectivity index (χ2n) is 9.48. The van der Waals surface area contributed by atoms with Crippen molar-refractivity contribution in [1.82, 2.24) is 10.2 Å². The lowest BCUT2D eigenvalue weighted by Crippen LogP contribution is -2.51. The fraction of sp³-hybridized carbons (Fsp3) is 0.565. The number of hydrogen-bond acceptors (Lipinski definition) is 5. The van der Waals surface area contributed by atoms with Crippen LogP contribution in [0.25, 0.3) is 0 Å². The number of nitrogens with zero attached hydrogens (tertiary/aromatic N) is 1. The fourth-order valence-corrected chi connectivity index (χ4v) is 4.10. The van der Waals surface area contributed by atoms with Crippen LogP contribution in [0.3, 0.4) is 0 Å². The van der Waals surface area contributed by atoms with E-state index in [-0.39, 0.29) is 35.5 Å². The fourth-order valence-electron chi connectivity index (χ4n) is 3.92. The van der Waals surface area contributed by atoms with Gasteiger partial charge in [0.2, 0.25) is 11.8 Å². The van der Waals surface area contributed by atoms with Crippen molar-refractivity contribution in [1.29, 1.82) is 0 Å². The molecule has 1 saturated heterocycles. The van der Waals surface area contributed by atoms with E-state index in [9.17, 15) is 19.2 Å². The molecule has 0 bridgehead atoms. The Kier molecular flexibility index (Phi) is 8.29. The van der Waals surface area contributed by atoms with Crippen LogP contribution in [0.4, 0.5) is 5.69 Å². The van der Waals surface area contributed by atoms with Crippen LogP contribution in [0.2, 0.25) is 5.02 Å². The summed E-state index contributed by atoms with van der Waals surface area (Å²) in [7, 11) is 0. The van der Waals surface area contributed by atoms with Crippen molar-refractivity contribution < 1.29 is 24.3 Å². The molecule has 1 heterocycles. The Balaban J connectivity index is 2.18. The molecule has 4 N–H and O–H groups in total. The second kappa shape index (κ2) is 10.3. The molecule has 8 nitrogen and oxygen atoms in total. The lowest BCUT2D eigenvalue weighted by molar-refractivity contribution is -0.145. The summed E-state index contributed by atoms with van der Waals surface area (Å²) < 4.78 is 0. The van der Waals surface area contributed by atoms with Gasteiger partial charge < -0.3 is 21.1 Å². The van der Waals surface area contributed by atoms with E-state index in [4.69, 9.17) is 22.4 Å². The molecule has 176 valence electrons. The van der Waals surface area contributed by atoms with Gasteiger partial charge in [-0.1, -0.05) is 32.4 Å². The highest BCUT2D eigenvalue weighted by atomic mass is 35.5. The molecule has 1 aromatic carbocycles. The van der Waals surface area contributed by atoms with Crippen LogP contribution in [0.5, 0.6) is 0 Å². The van der Waals surface area contributed by atoms with E-state index in [0.29, 0.717) is 30.6 Å². The molecule has 2 rings (SSSR count). The number of nitrogens with one attached hydrogen (secondary N) is 1. The average Bonchev–Trinajstić information content (AvgIpc) is 3.16. The quantitative estimate of drug-likeness (QED) is 0.399. The van der Waals surface area contributed by atoms with Gasteiger partial charge in [0.05, 0.1) is 23.0 Å². The third kappa shape index (κ3) is 6.45. The molecular formula is C23H32ClN3O5. The second-order valence-corrected chi connectivity index (χ2v) is 9.89. The van der Waals surface area contributed by atoms with Crippen molar-refractivity contribution in [3.63, 3.8) is 0 Å². The van der Waals surface area contributed by atoms with Crippen LogP contribution in [0.1, 0.15) is 63.7 Å². The van der Waals surface area contributed by atoms with Gasteiger partial charge in [0.25, 0.3) is 0 Å². The number of nitrogen functional groups attached to an aromatic ring is 1. The molecule has 1 aliphatic heterocycles. The number of amides is 2. The molecule has 0 aliphatic carbocycles. The van der Waals surface area contributed by atoms with Gasteiger partial charge in [-0.3, -0.25) is 19.2 Å². The summed E-state index contributed by atoms with van der Waals surface area (Å²) in [6, 6.07) is 3.42. The van der Waals surface area contributed by atoms with Crippen LogP contribution >= 0.6 is 11.6 Å². The first-order valence-electron chi connectivity index (χ1n) is 10.7. The highest BCUT2D eigenvalue weighted by Crippen LogP contribution is 2.34. The Hall–Kier alpha value is -2.61. The topological polar surface area (TPSA) is 130 Å². The number of carbonyl (C=O) groups excluding carboxylic acids is 3. The number of halogens is 1. The first-order valence-corrected chi connectivity index (χ1v) is 11.1. The van der Waals surface area contributed by atoms with Gasteiger partial charge in [-0.25, -0.2) is 0 Å². The minimum Gasteiger partial charge on any atom is -0.481 e. The minimum absolute atomic E-state index is 0.0250. The zero-order valence-corrected chi connectivity index (χ0v) is 19.7. The number of nitrogens with two attached hydrogens (primary N) is 1. The van der Waals surface area contributed by atoms with Crippen LogP contribution in [-0.4, -0.2) is 52.2 Å². The Labute approximate surface area is 193 Å². The summed E-state index contributed by atoms with van der Waals surface area (Å²) in [5.41, 5.74) is 5.95. The lowest BCUT2D eigenvalue weighted by atomic mass is 9.76. The Bertz CT molecular complexity index is 896. The number of ketones is 1. The number of benzene rings is 1. The molecule has 2 amide bonds. The zero-order chi connectivity index (χ0) is 24.2. The molecule has 1 aromatic rings. The summed E-state index contributed by atoms with van der Waals surface area (Å²) in [4.78, 5) is 51.6. The summed E-state index contributed by atoms with van der Waals surface area (Å²) >= 11 is 6.04. The van der Waals surface area contributed by atoms with Gasteiger partial charge in [0.1, 0.15) is 6.04 Å². The standard InChI is InChI=1S/C23H32ClN3O5/c1-13(10-20(29)30)26-21(31)18-6-5-9-27(18)22(32)15(23(2,3)4)12-19(28)14-7-8-17(25)16(24)11-14/h7-8,11,13,15,18H,5-6,9-10,12,25H2,1-4H3,(H,26,31)(H,29,30)/t13-,15-,18+/m1/s1. The molecule has 0 spiro atoms. The van der Waals surface area contributed by atoms with Crippen LogP contribution in [0.15, 0.2) is 18.2 Å². The number of aliphatic carboxylic acids is 1. The van der Waals surface area contributed by atoms with Crippen LogP contribution in [-0.2, 0) is 14.4 Å². The smallest absolute Gasteiger partial charge is 0.305 e. The number of carboxylic acids is 1. The van der Waals surface area contributed by atoms with E-state index in [1.54, 1.807) is 19.1 Å². The van der Waals surface area contributed by atoms with Gasteiger partial charge in [-0.05, 0) is 43.4 Å². The molecule has 0 radical (unpaired) electrons. The SMILES string of the molecule is C[C@H](CC(=O)O)NC(=O)[C@@H]1CCCN1C(=O)[C@@H](CC(=O)c1ccc(N)c(Cl)c1)C(C)(C)C. The maximum atomic E-state index is 13.5. The number of anilines is 1. The predicted octanol–water partition coefficient (Wildman–Crippen LogP) is 3.13. The summed E-state index contributed by atoms with van der Waals surface area (Å²) in [6.07, 6.45) is 0.934. The van der Waals surface area contributed by atoms with Gasteiger partial charge >= 0.3 is 5.97 Å². The molecule has 9 heteroatoms. The van der Waals surface area contributed by atoms with E-state index >= 15 is 0 Å². The Morgan fingerprint density at radius 3 is 2.47 bits per heavy atom. The Morgan fingerprint density at radius 2 is 1.91 bits per heavy atom. The number of rotatable bonds is 8. The monoisotopic (exact) mass is 465 g/mol. The minimum atomic E-state index is -1.01. The molecule has 1 fully saturated rings. The third-order valence-corrected chi connectivity index (χ3v) is 6.09. The third-order valence-electron chi connectivity index (χ3n) is 5.76. The zero-order valence-electron chi connectivity index (χ0n) is 19.0.